The highest BCUT2D eigenvalue weighted by molar-refractivity contribution is 7.12. The Labute approximate surface area is 130 Å². The maximum atomic E-state index is 12.6. The number of ketones is 1. The summed E-state index contributed by atoms with van der Waals surface area (Å²) < 4.78 is 1.43. The van der Waals surface area contributed by atoms with Gasteiger partial charge in [0.15, 0.2) is 0 Å². The van der Waals surface area contributed by atoms with Crippen molar-refractivity contribution in [2.75, 3.05) is 7.11 Å². The van der Waals surface area contributed by atoms with Gasteiger partial charge in [0, 0.05) is 5.39 Å². The van der Waals surface area contributed by atoms with Gasteiger partial charge >= 0.3 is 0 Å². The van der Waals surface area contributed by atoms with Crippen LogP contribution < -0.4 is 4.84 Å². The van der Waals surface area contributed by atoms with Crippen LogP contribution in [-0.4, -0.2) is 17.6 Å². The van der Waals surface area contributed by atoms with E-state index >= 15 is 0 Å². The number of carbonyl (C=O) groups excluding carboxylic acids is 1. The summed E-state index contributed by atoms with van der Waals surface area (Å²) in [5, 5.41) is 20.7. The number of rotatable bonds is 3. The monoisotopic (exact) mass is 307 g/mol. The van der Waals surface area contributed by atoms with Crippen molar-refractivity contribution in [3.05, 3.63) is 57.4 Å². The number of nitriles is 2. The normalized spacial score (nSPS) is 10.1. The molecule has 106 valence electrons. The van der Waals surface area contributed by atoms with Gasteiger partial charge in [-0.3, -0.25) is 4.79 Å². The average Bonchev–Trinajstić information content (AvgIpc) is 3.20. The summed E-state index contributed by atoms with van der Waals surface area (Å²) in [4.78, 5) is 18.4. The summed E-state index contributed by atoms with van der Waals surface area (Å²) in [5.41, 5.74) is 1.52. The molecule has 2 heterocycles. The Morgan fingerprint density at radius 3 is 2.59 bits per heavy atom. The molecule has 0 amide bonds. The number of hydrogen-bond donors (Lipinski definition) is 0. The lowest BCUT2D eigenvalue weighted by atomic mass is 10.0. The van der Waals surface area contributed by atoms with Gasteiger partial charge in [0.25, 0.3) is 0 Å². The van der Waals surface area contributed by atoms with Crippen molar-refractivity contribution in [1.29, 1.82) is 10.5 Å². The van der Waals surface area contributed by atoms with Gasteiger partial charge < -0.3 is 4.84 Å². The first-order valence-electron chi connectivity index (χ1n) is 6.31. The van der Waals surface area contributed by atoms with Gasteiger partial charge in [-0.05, 0) is 23.6 Å². The van der Waals surface area contributed by atoms with E-state index in [0.29, 0.717) is 21.3 Å². The molecule has 0 saturated heterocycles. The average molecular weight is 307 g/mol. The predicted molar refractivity (Wildman–Crippen MR) is 81.6 cm³/mol. The Kier molecular flexibility index (Phi) is 3.38. The third kappa shape index (κ3) is 2.03. The zero-order valence-electron chi connectivity index (χ0n) is 11.5. The minimum atomic E-state index is -0.135. The Morgan fingerprint density at radius 1 is 1.27 bits per heavy atom. The molecule has 6 heteroatoms. The van der Waals surface area contributed by atoms with Gasteiger partial charge in [0.2, 0.25) is 5.78 Å². The van der Waals surface area contributed by atoms with Gasteiger partial charge in [0.05, 0.1) is 33.3 Å². The van der Waals surface area contributed by atoms with E-state index in [2.05, 4.69) is 0 Å². The lowest BCUT2D eigenvalue weighted by Crippen LogP contribution is -2.04. The molecule has 0 fully saturated rings. The topological polar surface area (TPSA) is 78.8 Å². The number of hydrogen-bond acceptors (Lipinski definition) is 5. The molecule has 2 aromatic heterocycles. The van der Waals surface area contributed by atoms with Crippen molar-refractivity contribution in [3.63, 3.8) is 0 Å². The van der Waals surface area contributed by atoms with Gasteiger partial charge in [0.1, 0.15) is 19.2 Å². The van der Waals surface area contributed by atoms with Gasteiger partial charge in [-0.2, -0.15) is 15.3 Å². The molecule has 1 aromatic carbocycles. The fourth-order valence-electron chi connectivity index (χ4n) is 2.30. The molecule has 5 nitrogen and oxygen atoms in total. The van der Waals surface area contributed by atoms with Crippen molar-refractivity contribution in [1.82, 2.24) is 4.73 Å². The van der Waals surface area contributed by atoms with Crippen LogP contribution in [0.1, 0.15) is 26.4 Å². The molecule has 0 saturated carbocycles. The van der Waals surface area contributed by atoms with E-state index in [-0.39, 0.29) is 16.9 Å². The first kappa shape index (κ1) is 13.9. The van der Waals surface area contributed by atoms with Crippen molar-refractivity contribution in [3.8, 4) is 12.1 Å². The minimum absolute atomic E-state index is 0.135. The van der Waals surface area contributed by atoms with Crippen LogP contribution in [0, 0.1) is 22.7 Å². The molecule has 0 aliphatic carbocycles. The SMILES string of the molecule is COn1cc(C(=O)c2cccs2)c2cc(C#N)c(C#N)cc21. The summed E-state index contributed by atoms with van der Waals surface area (Å²) >= 11 is 1.35. The molecule has 0 atom stereocenters. The van der Waals surface area contributed by atoms with Gasteiger partial charge in [-0.1, -0.05) is 6.07 Å². The summed E-state index contributed by atoms with van der Waals surface area (Å²) in [6, 6.07) is 10.6. The lowest BCUT2D eigenvalue weighted by Gasteiger charge is -2.02. The summed E-state index contributed by atoms with van der Waals surface area (Å²) in [5.74, 6) is -0.135. The highest BCUT2D eigenvalue weighted by Crippen LogP contribution is 2.27. The largest absolute Gasteiger partial charge is 0.417 e. The molecule has 0 aliphatic rings. The maximum absolute atomic E-state index is 12.6. The first-order chi connectivity index (χ1) is 10.7. The van der Waals surface area contributed by atoms with Crippen LogP contribution in [0.15, 0.2) is 35.8 Å². The quantitative estimate of drug-likeness (QED) is 0.697. The molecule has 22 heavy (non-hydrogen) atoms. The number of carbonyl (C=O) groups is 1. The molecule has 0 radical (unpaired) electrons. The van der Waals surface area contributed by atoms with E-state index in [1.807, 2.05) is 23.6 Å². The predicted octanol–water partition coefficient (Wildman–Crippen LogP) is 2.74. The van der Waals surface area contributed by atoms with Crippen LogP contribution in [-0.2, 0) is 0 Å². The van der Waals surface area contributed by atoms with Crippen molar-refractivity contribution in [2.24, 2.45) is 0 Å². The number of thiophene rings is 1. The van der Waals surface area contributed by atoms with Crippen molar-refractivity contribution >= 4 is 28.0 Å². The van der Waals surface area contributed by atoms with Crippen LogP contribution in [0.25, 0.3) is 10.9 Å². The second kappa shape index (κ2) is 5.36. The van der Waals surface area contributed by atoms with Crippen LogP contribution in [0.2, 0.25) is 0 Å². The molecular formula is C16H9N3O2S. The molecule has 0 N–H and O–H groups in total. The summed E-state index contributed by atoms with van der Waals surface area (Å²) in [6.45, 7) is 0. The van der Waals surface area contributed by atoms with E-state index in [9.17, 15) is 4.79 Å². The fourth-order valence-corrected chi connectivity index (χ4v) is 2.98. The Morgan fingerprint density at radius 2 is 2.00 bits per heavy atom. The highest BCUT2D eigenvalue weighted by atomic mass is 32.1. The zero-order chi connectivity index (χ0) is 15.7. The molecule has 0 aliphatic heterocycles. The number of nitrogens with zero attached hydrogens (tertiary/aromatic N) is 3. The van der Waals surface area contributed by atoms with E-state index in [4.69, 9.17) is 15.4 Å². The molecule has 0 bridgehead atoms. The Balaban J connectivity index is 2.30. The smallest absolute Gasteiger partial charge is 0.205 e. The molecule has 0 spiro atoms. The Hall–Kier alpha value is -3.09. The zero-order valence-corrected chi connectivity index (χ0v) is 12.3. The highest BCUT2D eigenvalue weighted by Gasteiger charge is 2.20. The van der Waals surface area contributed by atoms with Crippen LogP contribution >= 0.6 is 11.3 Å². The van der Waals surface area contributed by atoms with Gasteiger partial charge in [-0.25, -0.2) is 0 Å². The second-order valence-electron chi connectivity index (χ2n) is 4.50. The number of aromatic nitrogens is 1. The van der Waals surface area contributed by atoms with E-state index in [0.717, 1.165) is 0 Å². The molecule has 3 rings (SSSR count). The standard InChI is InChI=1S/C16H9N3O2S/c1-21-19-9-13(16(20)15-3-2-4-22-15)12-5-10(7-17)11(8-18)6-14(12)19/h2-6,9H,1H3. The van der Waals surface area contributed by atoms with Crippen LogP contribution in [0.5, 0.6) is 0 Å². The molecule has 3 aromatic rings. The number of benzene rings is 1. The van der Waals surface area contributed by atoms with Gasteiger partial charge in [-0.15, -0.1) is 11.3 Å². The van der Waals surface area contributed by atoms with Crippen molar-refractivity contribution in [2.45, 2.75) is 0 Å². The Bertz CT molecular complexity index is 956. The lowest BCUT2D eigenvalue weighted by molar-refractivity contribution is 0.104. The van der Waals surface area contributed by atoms with Crippen LogP contribution in [0.3, 0.4) is 0 Å². The van der Waals surface area contributed by atoms with Crippen molar-refractivity contribution < 1.29 is 9.63 Å². The van der Waals surface area contributed by atoms with E-state index in [1.54, 1.807) is 24.4 Å². The first-order valence-corrected chi connectivity index (χ1v) is 7.19. The third-order valence-electron chi connectivity index (χ3n) is 3.34. The molecule has 0 unspecified atom stereocenters. The fraction of sp³-hybridized carbons (Fsp3) is 0.0625. The molecular weight excluding hydrogens is 298 g/mol. The maximum Gasteiger partial charge on any atom is 0.205 e. The third-order valence-corrected chi connectivity index (χ3v) is 4.21. The summed E-state index contributed by atoms with van der Waals surface area (Å²) in [6.07, 6.45) is 1.58. The van der Waals surface area contributed by atoms with E-state index < -0.39 is 0 Å². The number of fused-ring (bicyclic) bond motifs is 1. The minimum Gasteiger partial charge on any atom is -0.417 e. The summed E-state index contributed by atoms with van der Waals surface area (Å²) in [7, 11) is 1.48. The second-order valence-corrected chi connectivity index (χ2v) is 5.44. The van der Waals surface area contributed by atoms with E-state index in [1.165, 1.54) is 23.2 Å². The van der Waals surface area contributed by atoms with Crippen LogP contribution in [0.4, 0.5) is 0 Å².